The summed E-state index contributed by atoms with van der Waals surface area (Å²) in [6.07, 6.45) is 1.59. The van der Waals surface area contributed by atoms with Crippen molar-refractivity contribution in [3.63, 3.8) is 0 Å². The smallest absolute Gasteiger partial charge is 0.354 e. The van der Waals surface area contributed by atoms with Crippen LogP contribution in [0.4, 0.5) is 11.6 Å². The van der Waals surface area contributed by atoms with Crippen molar-refractivity contribution in [3.8, 4) is 5.75 Å². The number of hydrogen-bond donors (Lipinski definition) is 1. The topological polar surface area (TPSA) is 95.2 Å². The lowest BCUT2D eigenvalue weighted by Gasteiger charge is -2.18. The lowest BCUT2D eigenvalue weighted by molar-refractivity contribution is -0.117. The zero-order valence-electron chi connectivity index (χ0n) is 20.1. The second-order valence-electron chi connectivity index (χ2n) is 9.24. The van der Waals surface area contributed by atoms with Crippen molar-refractivity contribution in [1.29, 1.82) is 0 Å². The van der Waals surface area contributed by atoms with Crippen molar-refractivity contribution in [2.75, 3.05) is 5.32 Å². The Bertz CT molecular complexity index is 1340. The molecule has 0 aliphatic heterocycles. The van der Waals surface area contributed by atoms with Gasteiger partial charge >= 0.3 is 11.4 Å². The molecule has 1 heterocycles. The van der Waals surface area contributed by atoms with Crippen molar-refractivity contribution in [3.05, 3.63) is 79.6 Å². The Morgan fingerprint density at radius 1 is 1.11 bits per heavy atom. The fourth-order valence-electron chi connectivity index (χ4n) is 4.24. The Balaban J connectivity index is 1.71. The van der Waals surface area contributed by atoms with E-state index in [9.17, 15) is 14.4 Å². The highest BCUT2D eigenvalue weighted by Gasteiger charge is 2.25. The van der Waals surface area contributed by atoms with Crippen LogP contribution in [0, 0.1) is 12.8 Å². The highest BCUT2D eigenvalue weighted by atomic mass is 35.5. The van der Waals surface area contributed by atoms with E-state index in [0.717, 1.165) is 21.4 Å². The summed E-state index contributed by atoms with van der Waals surface area (Å²) >= 11 is 6.02. The summed E-state index contributed by atoms with van der Waals surface area (Å²) in [5, 5.41) is 3.73. The van der Waals surface area contributed by atoms with Gasteiger partial charge in [0.2, 0.25) is 5.95 Å². The summed E-state index contributed by atoms with van der Waals surface area (Å²) < 4.78 is 8.37. The average molecular weight is 497 g/mol. The third-order valence-electron chi connectivity index (χ3n) is 5.99. The van der Waals surface area contributed by atoms with Crippen molar-refractivity contribution in [2.24, 2.45) is 5.92 Å². The molecule has 4 rings (SSSR count). The van der Waals surface area contributed by atoms with Gasteiger partial charge in [0.1, 0.15) is 11.5 Å². The van der Waals surface area contributed by atoms with Crippen LogP contribution in [-0.4, -0.2) is 26.0 Å². The highest BCUT2D eigenvalue weighted by molar-refractivity contribution is 6.30. The van der Waals surface area contributed by atoms with Gasteiger partial charge in [0.25, 0.3) is 0 Å². The van der Waals surface area contributed by atoms with E-state index < -0.39 is 11.4 Å². The maximum absolute atomic E-state index is 13.5. The van der Waals surface area contributed by atoms with Gasteiger partial charge in [-0.25, -0.2) is 14.2 Å². The van der Waals surface area contributed by atoms with E-state index in [2.05, 4.69) is 10.3 Å². The predicted octanol–water partition coefficient (Wildman–Crippen LogP) is 4.32. The van der Waals surface area contributed by atoms with E-state index >= 15 is 0 Å². The number of hydrogen-bond acceptors (Lipinski definition) is 6. The van der Waals surface area contributed by atoms with E-state index in [-0.39, 0.29) is 36.8 Å². The van der Waals surface area contributed by atoms with Crippen LogP contribution >= 0.6 is 11.6 Å². The van der Waals surface area contributed by atoms with Gasteiger partial charge in [0.15, 0.2) is 0 Å². The third kappa shape index (κ3) is 6.00. The first-order valence-corrected chi connectivity index (χ1v) is 12.1. The number of rotatable bonds is 8. The average Bonchev–Trinajstić information content (AvgIpc) is 3.21. The quantitative estimate of drug-likeness (QED) is 0.499. The Morgan fingerprint density at radius 3 is 2.49 bits per heavy atom. The van der Waals surface area contributed by atoms with Crippen LogP contribution < -0.4 is 21.4 Å². The Hall–Kier alpha value is -3.39. The van der Waals surface area contributed by atoms with Crippen LogP contribution in [-0.2, 0) is 17.9 Å². The number of carbonyl (C=O) groups excluding carboxylic acids is 1. The molecule has 2 aromatic carbocycles. The molecule has 1 aromatic heterocycles. The Labute approximate surface area is 208 Å². The molecule has 8 nitrogen and oxygen atoms in total. The van der Waals surface area contributed by atoms with Crippen LogP contribution in [0.15, 0.2) is 52.1 Å². The molecule has 0 spiro atoms. The highest BCUT2D eigenvalue weighted by Crippen LogP contribution is 2.25. The number of ketones is 1. The number of Topliss-reactive ketones (excluding diaryl/α,β-unsaturated/α-hetero) is 1. The van der Waals surface area contributed by atoms with Gasteiger partial charge in [-0.3, -0.25) is 9.36 Å². The van der Waals surface area contributed by atoms with E-state index in [4.69, 9.17) is 16.3 Å². The van der Waals surface area contributed by atoms with Crippen LogP contribution in [0.25, 0.3) is 0 Å². The molecule has 0 radical (unpaired) electrons. The molecule has 0 amide bonds. The summed E-state index contributed by atoms with van der Waals surface area (Å²) in [5.74, 6) is 1.04. The first-order chi connectivity index (χ1) is 16.7. The minimum atomic E-state index is -0.638. The number of anilines is 2. The summed E-state index contributed by atoms with van der Waals surface area (Å²) in [6.45, 7) is 6.22. The molecule has 1 aliphatic carbocycles. The number of aryl methyl sites for hydroxylation is 1. The van der Waals surface area contributed by atoms with E-state index in [1.54, 1.807) is 12.1 Å². The largest absolute Gasteiger partial charge is 0.491 e. The van der Waals surface area contributed by atoms with Gasteiger partial charge in [-0.15, -0.1) is 0 Å². The number of ether oxygens (including phenoxy) is 1. The fraction of sp³-hybridized carbons (Fsp3) is 0.385. The number of nitrogens with zero attached hydrogens (tertiary/aromatic N) is 3. The van der Waals surface area contributed by atoms with Gasteiger partial charge < -0.3 is 10.1 Å². The van der Waals surface area contributed by atoms with Gasteiger partial charge in [0.05, 0.1) is 12.6 Å². The molecule has 184 valence electrons. The standard InChI is InChI=1S/C26H29ClN4O4/c1-16(2)35-23-11-9-21(12-17(23)3)28-24-29-25(33)31(15-19-6-10-22(32)13-19)26(34)30(24)14-18-4-7-20(27)8-5-18/h4-5,7-9,11-12,16,19H,6,10,13-15H2,1-3H3,(H,28,29,33)/t19-/m1/s1. The molecule has 1 saturated carbocycles. The van der Waals surface area contributed by atoms with Crippen molar-refractivity contribution in [1.82, 2.24) is 14.1 Å². The number of halogens is 1. The third-order valence-corrected chi connectivity index (χ3v) is 6.24. The molecule has 1 aliphatic rings. The van der Waals surface area contributed by atoms with Crippen molar-refractivity contribution < 1.29 is 9.53 Å². The molecule has 0 bridgehead atoms. The maximum Gasteiger partial charge on any atom is 0.354 e. The van der Waals surface area contributed by atoms with Crippen molar-refractivity contribution >= 4 is 29.0 Å². The zero-order valence-corrected chi connectivity index (χ0v) is 20.8. The molecule has 9 heteroatoms. The molecule has 1 N–H and O–H groups in total. The number of carbonyl (C=O) groups is 1. The normalized spacial score (nSPS) is 15.6. The molecule has 35 heavy (non-hydrogen) atoms. The lowest BCUT2D eigenvalue weighted by atomic mass is 10.1. The summed E-state index contributed by atoms with van der Waals surface area (Å²) in [4.78, 5) is 42.3. The van der Waals surface area contributed by atoms with Crippen LogP contribution in [0.2, 0.25) is 5.02 Å². The van der Waals surface area contributed by atoms with E-state index in [0.29, 0.717) is 30.0 Å². The van der Waals surface area contributed by atoms with Gasteiger partial charge in [-0.2, -0.15) is 4.98 Å². The predicted molar refractivity (Wildman–Crippen MR) is 136 cm³/mol. The summed E-state index contributed by atoms with van der Waals surface area (Å²) in [7, 11) is 0. The number of nitrogens with one attached hydrogen (secondary N) is 1. The molecule has 3 aromatic rings. The lowest BCUT2D eigenvalue weighted by Crippen LogP contribution is -2.43. The van der Waals surface area contributed by atoms with Crippen LogP contribution in [0.5, 0.6) is 5.75 Å². The number of aromatic nitrogens is 3. The number of benzene rings is 2. The second kappa shape index (κ2) is 10.5. The summed E-state index contributed by atoms with van der Waals surface area (Å²) in [5.41, 5.74) is 1.31. The van der Waals surface area contributed by atoms with Gasteiger partial charge in [0, 0.05) is 30.1 Å². The van der Waals surface area contributed by atoms with E-state index in [1.165, 1.54) is 4.57 Å². The fourth-order valence-corrected chi connectivity index (χ4v) is 4.37. The molecule has 0 unspecified atom stereocenters. The molecular weight excluding hydrogens is 468 g/mol. The molecule has 0 saturated heterocycles. The first-order valence-electron chi connectivity index (χ1n) is 11.7. The van der Waals surface area contributed by atoms with Gasteiger partial charge in [-0.1, -0.05) is 23.7 Å². The minimum absolute atomic E-state index is 0.0337. The second-order valence-corrected chi connectivity index (χ2v) is 9.68. The SMILES string of the molecule is Cc1cc(Nc2nc(=O)n(C[C@@H]3CCC(=O)C3)c(=O)n2Cc2ccc(Cl)cc2)ccc1OC(C)C. The van der Waals surface area contributed by atoms with Crippen LogP contribution in [0.3, 0.4) is 0 Å². The summed E-state index contributed by atoms with van der Waals surface area (Å²) in [6, 6.07) is 12.7. The van der Waals surface area contributed by atoms with Crippen LogP contribution in [0.1, 0.15) is 44.2 Å². The molecule has 1 atom stereocenters. The maximum atomic E-state index is 13.5. The molecular formula is C26H29ClN4O4. The zero-order chi connectivity index (χ0) is 25.1. The first kappa shape index (κ1) is 24.7. The Kier molecular flexibility index (Phi) is 7.40. The Morgan fingerprint density at radius 2 is 1.86 bits per heavy atom. The van der Waals surface area contributed by atoms with E-state index in [1.807, 2.05) is 51.1 Å². The monoisotopic (exact) mass is 496 g/mol. The van der Waals surface area contributed by atoms with Crippen molar-refractivity contribution in [2.45, 2.75) is 59.2 Å². The van der Waals surface area contributed by atoms with Gasteiger partial charge in [-0.05, 0) is 74.6 Å². The molecule has 1 fully saturated rings. The minimum Gasteiger partial charge on any atom is -0.491 e.